The Labute approximate surface area is 95.2 Å². The number of nitrogens with zero attached hydrogens (tertiary/aromatic N) is 2. The highest BCUT2D eigenvalue weighted by molar-refractivity contribution is 7.89. The summed E-state index contributed by atoms with van der Waals surface area (Å²) in [5.41, 5.74) is 0.720. The van der Waals surface area contributed by atoms with Crippen LogP contribution in [0.15, 0.2) is 24.4 Å². The zero-order valence-corrected chi connectivity index (χ0v) is 9.74. The smallest absolute Gasteiger partial charge is 0.213 e. The Kier molecular flexibility index (Phi) is 4.40. The number of sulfonamides is 1. The van der Waals surface area contributed by atoms with Gasteiger partial charge in [0.05, 0.1) is 11.8 Å². The normalized spacial score (nSPS) is 13.0. The minimum atomic E-state index is -3.40. The molecule has 0 bridgehead atoms. The summed E-state index contributed by atoms with van der Waals surface area (Å²) in [5.74, 6) is -0.0595. The summed E-state index contributed by atoms with van der Waals surface area (Å²) in [6.07, 6.45) is 1.96. The molecular weight excluding hydrogens is 226 g/mol. The number of nitrogens with one attached hydrogen (secondary N) is 1. The second-order valence-electron chi connectivity index (χ2n) is 3.36. The number of hydrogen-bond acceptors (Lipinski definition) is 4. The quantitative estimate of drug-likeness (QED) is 0.809. The van der Waals surface area contributed by atoms with Gasteiger partial charge in [-0.25, -0.2) is 8.42 Å². The monoisotopic (exact) mass is 239 g/mol. The Balaban J connectivity index is 2.53. The number of aromatic nitrogens is 1. The van der Waals surface area contributed by atoms with E-state index in [0.717, 1.165) is 5.69 Å². The van der Waals surface area contributed by atoms with Crippen molar-refractivity contribution in [2.45, 2.75) is 19.4 Å². The summed E-state index contributed by atoms with van der Waals surface area (Å²) in [6.45, 7) is 1.50. The third kappa shape index (κ3) is 4.38. The third-order valence-electron chi connectivity index (χ3n) is 1.90. The van der Waals surface area contributed by atoms with Crippen LogP contribution in [0.3, 0.4) is 0 Å². The molecule has 0 fully saturated rings. The minimum Gasteiger partial charge on any atom is -0.261 e. The van der Waals surface area contributed by atoms with Gasteiger partial charge in [0.2, 0.25) is 10.0 Å². The summed E-state index contributed by atoms with van der Waals surface area (Å²) in [5, 5.41) is 8.49. The zero-order chi connectivity index (χ0) is 12.0. The number of pyridine rings is 1. The highest BCUT2D eigenvalue weighted by Gasteiger charge is 2.13. The molecule has 0 aliphatic rings. The van der Waals surface area contributed by atoms with E-state index in [0.29, 0.717) is 6.42 Å². The van der Waals surface area contributed by atoms with Crippen molar-refractivity contribution < 1.29 is 8.42 Å². The maximum atomic E-state index is 11.5. The molecule has 1 N–H and O–H groups in total. The van der Waals surface area contributed by atoms with Gasteiger partial charge in [-0.05, 0) is 19.1 Å². The van der Waals surface area contributed by atoms with Gasteiger partial charge in [0.25, 0.3) is 0 Å². The molecular formula is C10H13N3O2S. The van der Waals surface area contributed by atoms with Crippen molar-refractivity contribution in [3.63, 3.8) is 0 Å². The first-order chi connectivity index (χ1) is 7.53. The molecule has 1 unspecified atom stereocenters. The van der Waals surface area contributed by atoms with Crippen LogP contribution in [0.25, 0.3) is 0 Å². The van der Waals surface area contributed by atoms with Gasteiger partial charge in [0.15, 0.2) is 0 Å². The summed E-state index contributed by atoms with van der Waals surface area (Å²) >= 11 is 0. The lowest BCUT2D eigenvalue weighted by Gasteiger charge is -2.07. The summed E-state index contributed by atoms with van der Waals surface area (Å²) < 4.78 is 25.2. The number of nitriles is 1. The Bertz CT molecular complexity index is 465. The maximum absolute atomic E-state index is 11.5. The lowest BCUT2D eigenvalue weighted by Crippen LogP contribution is -2.33. The molecule has 0 aliphatic heterocycles. The average molecular weight is 239 g/mol. The fourth-order valence-electron chi connectivity index (χ4n) is 1.14. The van der Waals surface area contributed by atoms with Gasteiger partial charge in [-0.15, -0.1) is 0 Å². The Morgan fingerprint density at radius 2 is 2.31 bits per heavy atom. The number of rotatable bonds is 5. The number of hydrogen-bond donors (Lipinski definition) is 1. The van der Waals surface area contributed by atoms with E-state index < -0.39 is 16.1 Å². The van der Waals surface area contributed by atoms with Gasteiger partial charge in [-0.2, -0.15) is 9.98 Å². The molecule has 0 saturated carbocycles. The fourth-order valence-corrected chi connectivity index (χ4v) is 2.33. The Hall–Kier alpha value is -1.45. The molecule has 5 nitrogen and oxygen atoms in total. The minimum absolute atomic E-state index is 0.0595. The topological polar surface area (TPSA) is 82.9 Å². The highest BCUT2D eigenvalue weighted by atomic mass is 32.2. The van der Waals surface area contributed by atoms with E-state index >= 15 is 0 Å². The van der Waals surface area contributed by atoms with Crippen LogP contribution in [-0.2, 0) is 16.4 Å². The SMILES string of the molecule is CC(C#N)NS(=O)(=O)CCc1ccccn1. The van der Waals surface area contributed by atoms with Crippen LogP contribution >= 0.6 is 0 Å². The predicted molar refractivity (Wildman–Crippen MR) is 59.9 cm³/mol. The van der Waals surface area contributed by atoms with Crippen molar-refractivity contribution in [1.29, 1.82) is 5.26 Å². The van der Waals surface area contributed by atoms with Gasteiger partial charge in [0.1, 0.15) is 6.04 Å². The van der Waals surface area contributed by atoms with E-state index in [9.17, 15) is 8.42 Å². The molecule has 0 radical (unpaired) electrons. The van der Waals surface area contributed by atoms with Gasteiger partial charge in [-0.3, -0.25) is 4.98 Å². The van der Waals surface area contributed by atoms with E-state index in [-0.39, 0.29) is 5.75 Å². The standard InChI is InChI=1S/C10H13N3O2S/c1-9(8-11)13-16(14,15)7-5-10-4-2-3-6-12-10/h2-4,6,9,13H,5,7H2,1H3. The molecule has 0 amide bonds. The number of aryl methyl sites for hydroxylation is 1. The maximum Gasteiger partial charge on any atom is 0.213 e. The molecule has 1 rings (SSSR count). The van der Waals surface area contributed by atoms with Crippen LogP contribution in [0.2, 0.25) is 0 Å². The van der Waals surface area contributed by atoms with Crippen molar-refractivity contribution in [2.75, 3.05) is 5.75 Å². The van der Waals surface area contributed by atoms with E-state index in [4.69, 9.17) is 5.26 Å². The summed E-state index contributed by atoms with van der Waals surface area (Å²) in [6, 6.07) is 6.46. The van der Waals surface area contributed by atoms with Crippen LogP contribution in [0, 0.1) is 11.3 Å². The predicted octanol–water partition coefficient (Wildman–Crippen LogP) is 0.456. The molecule has 86 valence electrons. The Morgan fingerprint density at radius 3 is 2.88 bits per heavy atom. The van der Waals surface area contributed by atoms with E-state index in [2.05, 4.69) is 9.71 Å². The Morgan fingerprint density at radius 1 is 1.56 bits per heavy atom. The van der Waals surface area contributed by atoms with Crippen LogP contribution < -0.4 is 4.72 Å². The largest absolute Gasteiger partial charge is 0.261 e. The van der Waals surface area contributed by atoms with E-state index in [1.165, 1.54) is 6.92 Å². The van der Waals surface area contributed by atoms with Crippen molar-refractivity contribution >= 4 is 10.0 Å². The highest BCUT2D eigenvalue weighted by Crippen LogP contribution is 1.98. The fraction of sp³-hybridized carbons (Fsp3) is 0.400. The summed E-state index contributed by atoms with van der Waals surface area (Å²) in [7, 11) is -3.40. The van der Waals surface area contributed by atoms with Crippen molar-refractivity contribution in [3.05, 3.63) is 30.1 Å². The van der Waals surface area contributed by atoms with E-state index in [1.807, 2.05) is 6.07 Å². The van der Waals surface area contributed by atoms with Gasteiger partial charge < -0.3 is 0 Å². The van der Waals surface area contributed by atoms with Crippen molar-refractivity contribution in [3.8, 4) is 6.07 Å². The van der Waals surface area contributed by atoms with Crippen LogP contribution in [-0.4, -0.2) is 25.2 Å². The first-order valence-electron chi connectivity index (χ1n) is 4.83. The molecule has 0 aliphatic carbocycles. The van der Waals surface area contributed by atoms with Gasteiger partial charge in [0, 0.05) is 18.3 Å². The van der Waals surface area contributed by atoms with Crippen LogP contribution in [0.1, 0.15) is 12.6 Å². The summed E-state index contributed by atoms with van der Waals surface area (Å²) in [4.78, 5) is 4.02. The van der Waals surface area contributed by atoms with Crippen molar-refractivity contribution in [1.82, 2.24) is 9.71 Å². The van der Waals surface area contributed by atoms with Crippen molar-refractivity contribution in [2.24, 2.45) is 0 Å². The van der Waals surface area contributed by atoms with Crippen LogP contribution in [0.5, 0.6) is 0 Å². The first kappa shape index (κ1) is 12.6. The lowest BCUT2D eigenvalue weighted by molar-refractivity contribution is 0.576. The van der Waals surface area contributed by atoms with Gasteiger partial charge in [-0.1, -0.05) is 6.07 Å². The zero-order valence-electron chi connectivity index (χ0n) is 8.92. The molecule has 1 aromatic heterocycles. The average Bonchev–Trinajstić information content (AvgIpc) is 2.27. The third-order valence-corrected chi connectivity index (χ3v) is 3.36. The molecule has 0 saturated heterocycles. The van der Waals surface area contributed by atoms with Crippen LogP contribution in [0.4, 0.5) is 0 Å². The van der Waals surface area contributed by atoms with E-state index in [1.54, 1.807) is 24.4 Å². The molecule has 0 spiro atoms. The molecule has 16 heavy (non-hydrogen) atoms. The molecule has 6 heteroatoms. The molecule has 1 heterocycles. The van der Waals surface area contributed by atoms with Gasteiger partial charge >= 0.3 is 0 Å². The second kappa shape index (κ2) is 5.58. The molecule has 0 aromatic carbocycles. The lowest BCUT2D eigenvalue weighted by atomic mass is 10.3. The first-order valence-corrected chi connectivity index (χ1v) is 6.48. The molecule has 1 atom stereocenters. The molecule has 1 aromatic rings. The second-order valence-corrected chi connectivity index (χ2v) is 5.23.